The highest BCUT2D eigenvalue weighted by molar-refractivity contribution is 6.02. The van der Waals surface area contributed by atoms with Gasteiger partial charge >= 0.3 is 0 Å². The van der Waals surface area contributed by atoms with Crippen LogP contribution < -0.4 is 5.32 Å². The monoisotopic (exact) mass is 289 g/mol. The maximum Gasteiger partial charge on any atom is 0.277 e. The molecule has 0 fully saturated rings. The van der Waals surface area contributed by atoms with E-state index in [2.05, 4.69) is 41.4 Å². The standard InChI is InChI=1S/C15H23N5O/c1-6-12-10(4)19-20(5)14(12)16-15(21)13-8-11(17-18-13)7-9(2)3/h8-9H,6-7H2,1-5H3,(H,16,21)(H,17,18). The molecule has 0 aliphatic rings. The minimum absolute atomic E-state index is 0.209. The topological polar surface area (TPSA) is 75.6 Å². The first-order chi connectivity index (χ1) is 9.92. The number of aromatic amines is 1. The number of hydrogen-bond donors (Lipinski definition) is 2. The molecule has 2 aromatic rings. The largest absolute Gasteiger partial charge is 0.305 e. The number of nitrogens with zero attached hydrogens (tertiary/aromatic N) is 3. The lowest BCUT2D eigenvalue weighted by atomic mass is 10.1. The summed E-state index contributed by atoms with van der Waals surface area (Å²) >= 11 is 0. The number of anilines is 1. The van der Waals surface area contributed by atoms with Gasteiger partial charge in [0.15, 0.2) is 5.69 Å². The van der Waals surface area contributed by atoms with E-state index in [4.69, 9.17) is 0 Å². The number of carbonyl (C=O) groups excluding carboxylic acids is 1. The Hall–Kier alpha value is -2.11. The summed E-state index contributed by atoms with van der Waals surface area (Å²) in [6.45, 7) is 8.26. The van der Waals surface area contributed by atoms with Crippen LogP contribution in [0.1, 0.15) is 48.2 Å². The molecular weight excluding hydrogens is 266 g/mol. The molecule has 0 atom stereocenters. The van der Waals surface area contributed by atoms with E-state index in [1.165, 1.54) is 0 Å². The van der Waals surface area contributed by atoms with Gasteiger partial charge in [-0.2, -0.15) is 10.2 Å². The third-order valence-corrected chi connectivity index (χ3v) is 3.42. The van der Waals surface area contributed by atoms with Crippen LogP contribution in [0.2, 0.25) is 0 Å². The lowest BCUT2D eigenvalue weighted by molar-refractivity contribution is 0.102. The van der Waals surface area contributed by atoms with Gasteiger partial charge in [0.05, 0.1) is 5.69 Å². The molecule has 0 aromatic carbocycles. The summed E-state index contributed by atoms with van der Waals surface area (Å²) in [5.74, 6) is 1.06. The molecule has 6 nitrogen and oxygen atoms in total. The van der Waals surface area contributed by atoms with Gasteiger partial charge in [-0.3, -0.25) is 14.6 Å². The van der Waals surface area contributed by atoms with Crippen molar-refractivity contribution >= 4 is 11.7 Å². The second kappa shape index (κ2) is 6.11. The predicted octanol–water partition coefficient (Wildman–Crippen LogP) is 2.46. The molecule has 0 saturated carbocycles. The molecule has 0 radical (unpaired) electrons. The highest BCUT2D eigenvalue weighted by atomic mass is 16.2. The van der Waals surface area contributed by atoms with Crippen molar-refractivity contribution < 1.29 is 4.79 Å². The molecule has 2 heterocycles. The molecule has 0 aliphatic carbocycles. The Morgan fingerprint density at radius 2 is 2.19 bits per heavy atom. The fourth-order valence-electron chi connectivity index (χ4n) is 2.48. The van der Waals surface area contributed by atoms with Gasteiger partial charge in [0, 0.05) is 18.3 Å². The first-order valence-corrected chi connectivity index (χ1v) is 7.30. The van der Waals surface area contributed by atoms with E-state index in [1.807, 2.05) is 20.0 Å². The van der Waals surface area contributed by atoms with Crippen molar-refractivity contribution in [1.82, 2.24) is 20.0 Å². The van der Waals surface area contributed by atoms with Gasteiger partial charge in [0.25, 0.3) is 5.91 Å². The van der Waals surface area contributed by atoms with E-state index in [0.717, 1.165) is 35.6 Å². The number of aryl methyl sites for hydroxylation is 2. The summed E-state index contributed by atoms with van der Waals surface area (Å²) in [5, 5.41) is 14.3. The average molecular weight is 289 g/mol. The van der Waals surface area contributed by atoms with Crippen LogP contribution in [0, 0.1) is 12.8 Å². The number of aromatic nitrogens is 4. The molecule has 0 aliphatic heterocycles. The maximum absolute atomic E-state index is 12.3. The van der Waals surface area contributed by atoms with E-state index in [1.54, 1.807) is 4.68 Å². The van der Waals surface area contributed by atoms with Crippen LogP contribution in [-0.4, -0.2) is 25.9 Å². The molecule has 0 saturated heterocycles. The van der Waals surface area contributed by atoms with Crippen molar-refractivity contribution in [3.8, 4) is 0 Å². The smallest absolute Gasteiger partial charge is 0.277 e. The lowest BCUT2D eigenvalue weighted by Crippen LogP contribution is -2.16. The molecule has 0 spiro atoms. The van der Waals surface area contributed by atoms with Gasteiger partial charge < -0.3 is 5.32 Å². The summed E-state index contributed by atoms with van der Waals surface area (Å²) in [7, 11) is 1.83. The van der Waals surface area contributed by atoms with Crippen molar-refractivity contribution in [3.05, 3.63) is 28.7 Å². The molecule has 0 bridgehead atoms. The third kappa shape index (κ3) is 3.32. The predicted molar refractivity (Wildman–Crippen MR) is 82.4 cm³/mol. The molecule has 2 N–H and O–H groups in total. The van der Waals surface area contributed by atoms with Crippen molar-refractivity contribution in [2.45, 2.75) is 40.5 Å². The van der Waals surface area contributed by atoms with E-state index in [-0.39, 0.29) is 5.91 Å². The van der Waals surface area contributed by atoms with Gasteiger partial charge in [0.2, 0.25) is 0 Å². The molecule has 0 unspecified atom stereocenters. The SMILES string of the molecule is CCc1c(C)nn(C)c1NC(=O)c1cc(CC(C)C)[nH]n1. The molecule has 114 valence electrons. The Kier molecular flexibility index (Phi) is 4.45. The van der Waals surface area contributed by atoms with E-state index >= 15 is 0 Å². The summed E-state index contributed by atoms with van der Waals surface area (Å²) in [6, 6.07) is 1.81. The zero-order valence-corrected chi connectivity index (χ0v) is 13.3. The number of amides is 1. The van der Waals surface area contributed by atoms with Crippen molar-refractivity contribution in [1.29, 1.82) is 0 Å². The van der Waals surface area contributed by atoms with Crippen LogP contribution in [0.25, 0.3) is 0 Å². The molecule has 2 aromatic heterocycles. The number of H-pyrrole nitrogens is 1. The van der Waals surface area contributed by atoms with E-state index in [0.29, 0.717) is 11.6 Å². The zero-order valence-electron chi connectivity index (χ0n) is 13.3. The zero-order chi connectivity index (χ0) is 15.6. The molecule has 6 heteroatoms. The van der Waals surface area contributed by atoms with E-state index < -0.39 is 0 Å². The second-order valence-corrected chi connectivity index (χ2v) is 5.72. The highest BCUT2D eigenvalue weighted by Gasteiger charge is 2.17. The quantitative estimate of drug-likeness (QED) is 0.887. The molecule has 1 amide bonds. The Bertz CT molecular complexity index is 639. The minimum Gasteiger partial charge on any atom is -0.305 e. The maximum atomic E-state index is 12.3. The first-order valence-electron chi connectivity index (χ1n) is 7.30. The summed E-state index contributed by atoms with van der Waals surface area (Å²) in [4.78, 5) is 12.3. The number of nitrogens with one attached hydrogen (secondary N) is 2. The van der Waals surface area contributed by atoms with Crippen LogP contribution >= 0.6 is 0 Å². The van der Waals surface area contributed by atoms with Crippen molar-refractivity contribution in [2.75, 3.05) is 5.32 Å². The lowest BCUT2D eigenvalue weighted by Gasteiger charge is -2.06. The average Bonchev–Trinajstić information content (AvgIpc) is 2.94. The number of rotatable bonds is 5. The summed E-state index contributed by atoms with van der Waals surface area (Å²) in [6.07, 6.45) is 1.71. The normalized spacial score (nSPS) is 11.1. The van der Waals surface area contributed by atoms with Crippen LogP contribution in [0.5, 0.6) is 0 Å². The fraction of sp³-hybridized carbons (Fsp3) is 0.533. The van der Waals surface area contributed by atoms with Crippen LogP contribution in [0.3, 0.4) is 0 Å². The molecule has 2 rings (SSSR count). The van der Waals surface area contributed by atoms with Gasteiger partial charge in [-0.15, -0.1) is 0 Å². The summed E-state index contributed by atoms with van der Waals surface area (Å²) in [5.41, 5.74) is 3.39. The van der Waals surface area contributed by atoms with Gasteiger partial charge in [-0.1, -0.05) is 20.8 Å². The third-order valence-electron chi connectivity index (χ3n) is 3.42. The van der Waals surface area contributed by atoms with Crippen LogP contribution in [-0.2, 0) is 19.9 Å². The van der Waals surface area contributed by atoms with Gasteiger partial charge in [0.1, 0.15) is 5.82 Å². The van der Waals surface area contributed by atoms with Crippen LogP contribution in [0.4, 0.5) is 5.82 Å². The Labute approximate surface area is 124 Å². The van der Waals surface area contributed by atoms with Crippen LogP contribution in [0.15, 0.2) is 6.07 Å². The van der Waals surface area contributed by atoms with Gasteiger partial charge in [-0.05, 0) is 31.7 Å². The van der Waals surface area contributed by atoms with E-state index in [9.17, 15) is 4.79 Å². The Morgan fingerprint density at radius 1 is 1.48 bits per heavy atom. The second-order valence-electron chi connectivity index (χ2n) is 5.72. The first kappa shape index (κ1) is 15.3. The number of hydrogen-bond acceptors (Lipinski definition) is 3. The number of carbonyl (C=O) groups is 1. The van der Waals surface area contributed by atoms with Gasteiger partial charge in [-0.25, -0.2) is 0 Å². The molecular formula is C15H23N5O. The molecule has 21 heavy (non-hydrogen) atoms. The Morgan fingerprint density at radius 3 is 2.81 bits per heavy atom. The fourth-order valence-corrected chi connectivity index (χ4v) is 2.48. The Balaban J connectivity index is 2.16. The van der Waals surface area contributed by atoms with Crippen molar-refractivity contribution in [2.24, 2.45) is 13.0 Å². The highest BCUT2D eigenvalue weighted by Crippen LogP contribution is 2.20. The minimum atomic E-state index is -0.209. The van der Waals surface area contributed by atoms with Crippen molar-refractivity contribution in [3.63, 3.8) is 0 Å². The summed E-state index contributed by atoms with van der Waals surface area (Å²) < 4.78 is 1.70.